The molecular formula is C11H17N3O5. The quantitative estimate of drug-likeness (QED) is 0.366. The molecule has 8 nitrogen and oxygen atoms in total. The molecule has 2 rings (SSSR count). The van der Waals surface area contributed by atoms with Gasteiger partial charge in [0.05, 0.1) is 18.5 Å². The summed E-state index contributed by atoms with van der Waals surface area (Å²) in [5.74, 6) is 0.347. The van der Waals surface area contributed by atoms with Crippen molar-refractivity contribution in [3.8, 4) is 0 Å². The lowest BCUT2D eigenvalue weighted by Crippen LogP contribution is -2.60. The minimum Gasteiger partial charge on any atom is -0.394 e. The number of pyridine rings is 1. The van der Waals surface area contributed by atoms with E-state index in [9.17, 15) is 15.3 Å². The summed E-state index contributed by atoms with van der Waals surface area (Å²) < 4.78 is 5.28. The summed E-state index contributed by atoms with van der Waals surface area (Å²) in [5, 5.41) is 40.9. The molecule has 19 heavy (non-hydrogen) atoms. The smallest absolute Gasteiger partial charge is 0.157 e. The number of nitrogens with zero attached hydrogens (tertiary/aromatic N) is 1. The average molecular weight is 271 g/mol. The lowest BCUT2D eigenvalue weighted by Gasteiger charge is -2.40. The van der Waals surface area contributed by atoms with E-state index in [1.807, 2.05) is 0 Å². The van der Waals surface area contributed by atoms with Crippen molar-refractivity contribution in [2.24, 2.45) is 0 Å². The Bertz CT molecular complexity index is 413. The molecule has 0 spiro atoms. The normalized spacial score (nSPS) is 35.1. The molecule has 7 N–H and O–H groups in total. The van der Waals surface area contributed by atoms with Crippen LogP contribution in [0.5, 0.6) is 0 Å². The van der Waals surface area contributed by atoms with E-state index in [-0.39, 0.29) is 0 Å². The minimum absolute atomic E-state index is 0.347. The number of nitrogens with one attached hydrogen (secondary N) is 1. The van der Waals surface area contributed by atoms with Crippen molar-refractivity contribution in [2.75, 3.05) is 17.7 Å². The molecule has 8 heteroatoms. The molecular weight excluding hydrogens is 254 g/mol. The van der Waals surface area contributed by atoms with Crippen LogP contribution < -0.4 is 11.1 Å². The standard InChI is InChI=1S/C11H17N3O5/c12-7-2-1-5(3-13-7)14-11-10(18)9(17)8(16)6(4-15)19-11/h1-3,6,8-11,14-18H,4H2,(H2,12,13). The molecule has 0 aromatic carbocycles. The average Bonchev–Trinajstić information content (AvgIpc) is 2.42. The van der Waals surface area contributed by atoms with Gasteiger partial charge in [-0.1, -0.05) is 0 Å². The van der Waals surface area contributed by atoms with Gasteiger partial charge in [-0.2, -0.15) is 0 Å². The number of hydrogen-bond donors (Lipinski definition) is 6. The monoisotopic (exact) mass is 271 g/mol. The zero-order valence-electron chi connectivity index (χ0n) is 10.0. The van der Waals surface area contributed by atoms with Crippen molar-refractivity contribution < 1.29 is 25.2 Å². The lowest BCUT2D eigenvalue weighted by molar-refractivity contribution is -0.221. The Kier molecular flexibility index (Phi) is 4.17. The summed E-state index contributed by atoms with van der Waals surface area (Å²) in [6, 6.07) is 3.19. The van der Waals surface area contributed by atoms with Crippen LogP contribution in [0.3, 0.4) is 0 Å². The fraction of sp³-hybridized carbons (Fsp3) is 0.545. The number of anilines is 2. The summed E-state index contributed by atoms with van der Waals surface area (Å²) in [6.45, 7) is -0.469. The largest absolute Gasteiger partial charge is 0.394 e. The Hall–Kier alpha value is -1.45. The van der Waals surface area contributed by atoms with Gasteiger partial charge in [-0.05, 0) is 12.1 Å². The van der Waals surface area contributed by atoms with Gasteiger partial charge in [0.25, 0.3) is 0 Å². The van der Waals surface area contributed by atoms with Crippen molar-refractivity contribution in [1.82, 2.24) is 4.98 Å². The number of nitrogen functional groups attached to an aromatic ring is 1. The van der Waals surface area contributed by atoms with Gasteiger partial charge in [0.2, 0.25) is 0 Å². The molecule has 0 saturated carbocycles. The first kappa shape index (κ1) is 14.0. The van der Waals surface area contributed by atoms with Crippen LogP contribution in [0.1, 0.15) is 0 Å². The molecule has 0 aliphatic carbocycles. The number of hydrogen-bond acceptors (Lipinski definition) is 8. The van der Waals surface area contributed by atoms with Crippen LogP contribution in [0.25, 0.3) is 0 Å². The summed E-state index contributed by atoms with van der Waals surface area (Å²) in [5.41, 5.74) is 5.97. The van der Waals surface area contributed by atoms with E-state index in [0.29, 0.717) is 11.5 Å². The van der Waals surface area contributed by atoms with Crippen molar-refractivity contribution in [2.45, 2.75) is 30.6 Å². The van der Waals surface area contributed by atoms with Gasteiger partial charge in [0.15, 0.2) is 6.23 Å². The number of ether oxygens (including phenoxy) is 1. The number of aromatic nitrogens is 1. The predicted molar refractivity (Wildman–Crippen MR) is 66.0 cm³/mol. The van der Waals surface area contributed by atoms with Gasteiger partial charge in [-0.25, -0.2) is 4.98 Å². The van der Waals surface area contributed by atoms with E-state index in [0.717, 1.165) is 0 Å². The van der Waals surface area contributed by atoms with E-state index in [1.54, 1.807) is 12.1 Å². The molecule has 1 fully saturated rings. The van der Waals surface area contributed by atoms with Crippen LogP contribution in [0, 0.1) is 0 Å². The lowest BCUT2D eigenvalue weighted by atomic mass is 9.98. The highest BCUT2D eigenvalue weighted by molar-refractivity contribution is 5.45. The first-order valence-corrected chi connectivity index (χ1v) is 5.81. The first-order chi connectivity index (χ1) is 9.02. The molecule has 5 unspecified atom stereocenters. The SMILES string of the molecule is Nc1ccc(NC2OC(CO)C(O)C(O)C2O)cn1. The number of aliphatic hydroxyl groups is 4. The summed E-state index contributed by atoms with van der Waals surface area (Å²) in [4.78, 5) is 3.86. The van der Waals surface area contributed by atoms with Gasteiger partial charge >= 0.3 is 0 Å². The van der Waals surface area contributed by atoms with Gasteiger partial charge in [0, 0.05) is 0 Å². The molecule has 5 atom stereocenters. The summed E-state index contributed by atoms with van der Waals surface area (Å²) in [6.07, 6.45) is -4.60. The van der Waals surface area contributed by atoms with Crippen molar-refractivity contribution in [3.63, 3.8) is 0 Å². The van der Waals surface area contributed by atoms with Crippen LogP contribution in [-0.4, -0.2) is 62.7 Å². The summed E-state index contributed by atoms with van der Waals surface area (Å²) >= 11 is 0. The van der Waals surface area contributed by atoms with Crippen molar-refractivity contribution >= 4 is 11.5 Å². The first-order valence-electron chi connectivity index (χ1n) is 5.81. The molecule has 2 heterocycles. The Morgan fingerprint density at radius 1 is 1.21 bits per heavy atom. The van der Waals surface area contributed by atoms with Crippen LogP contribution in [0.4, 0.5) is 11.5 Å². The molecule has 1 aliphatic heterocycles. The van der Waals surface area contributed by atoms with Crippen molar-refractivity contribution in [3.05, 3.63) is 18.3 Å². The third kappa shape index (κ3) is 2.94. The van der Waals surface area contributed by atoms with E-state index in [1.165, 1.54) is 6.20 Å². The Morgan fingerprint density at radius 3 is 2.53 bits per heavy atom. The topological polar surface area (TPSA) is 141 Å². The van der Waals surface area contributed by atoms with Crippen LogP contribution in [0.2, 0.25) is 0 Å². The predicted octanol–water partition coefficient (Wildman–Crippen LogP) is -2.12. The second-order valence-electron chi connectivity index (χ2n) is 4.37. The minimum atomic E-state index is -1.41. The zero-order chi connectivity index (χ0) is 14.0. The molecule has 0 radical (unpaired) electrons. The number of rotatable bonds is 3. The second-order valence-corrected chi connectivity index (χ2v) is 4.37. The third-order valence-corrected chi connectivity index (χ3v) is 2.99. The molecule has 1 saturated heterocycles. The molecule has 1 aliphatic rings. The molecule has 1 aromatic heterocycles. The second kappa shape index (κ2) is 5.68. The van der Waals surface area contributed by atoms with Crippen molar-refractivity contribution in [1.29, 1.82) is 0 Å². The molecule has 106 valence electrons. The van der Waals surface area contributed by atoms with E-state index in [2.05, 4.69) is 10.3 Å². The van der Waals surface area contributed by atoms with Gasteiger partial charge in [-0.15, -0.1) is 0 Å². The third-order valence-electron chi connectivity index (χ3n) is 2.99. The Balaban J connectivity index is 2.08. The van der Waals surface area contributed by atoms with E-state index < -0.39 is 37.3 Å². The van der Waals surface area contributed by atoms with E-state index in [4.69, 9.17) is 15.6 Å². The fourth-order valence-corrected chi connectivity index (χ4v) is 1.88. The van der Waals surface area contributed by atoms with Gasteiger partial charge < -0.3 is 36.2 Å². The highest BCUT2D eigenvalue weighted by Crippen LogP contribution is 2.22. The molecule has 0 bridgehead atoms. The van der Waals surface area contributed by atoms with Crippen LogP contribution >= 0.6 is 0 Å². The zero-order valence-corrected chi connectivity index (χ0v) is 10.0. The highest BCUT2D eigenvalue weighted by atomic mass is 16.6. The van der Waals surface area contributed by atoms with E-state index >= 15 is 0 Å². The van der Waals surface area contributed by atoms with Gasteiger partial charge in [-0.3, -0.25) is 0 Å². The van der Waals surface area contributed by atoms with Crippen LogP contribution in [-0.2, 0) is 4.74 Å². The van der Waals surface area contributed by atoms with Gasteiger partial charge in [0.1, 0.15) is 30.2 Å². The maximum Gasteiger partial charge on any atom is 0.157 e. The molecule has 1 aromatic rings. The van der Waals surface area contributed by atoms with Crippen LogP contribution in [0.15, 0.2) is 18.3 Å². The highest BCUT2D eigenvalue weighted by Gasteiger charge is 2.43. The Morgan fingerprint density at radius 2 is 1.95 bits per heavy atom. The number of aliphatic hydroxyl groups excluding tert-OH is 4. The summed E-state index contributed by atoms with van der Waals surface area (Å²) in [7, 11) is 0. The maximum atomic E-state index is 9.81. The number of nitrogens with two attached hydrogens (primary N) is 1. The maximum absolute atomic E-state index is 9.81. The molecule has 0 amide bonds. The fourth-order valence-electron chi connectivity index (χ4n) is 1.88. The Labute approximate surface area is 109 Å².